The van der Waals surface area contributed by atoms with Crippen LogP contribution in [0.4, 0.5) is 4.79 Å². The molecule has 0 aromatic rings. The number of nitrogens with one attached hydrogen (secondary N) is 2. The highest BCUT2D eigenvalue weighted by molar-refractivity contribution is 6.05. The van der Waals surface area contributed by atoms with Crippen LogP contribution in [-0.2, 0) is 9.53 Å². The van der Waals surface area contributed by atoms with E-state index in [-0.39, 0.29) is 23.9 Å². The number of urea groups is 1. The molecule has 6 nitrogen and oxygen atoms in total. The van der Waals surface area contributed by atoms with Crippen molar-refractivity contribution in [2.24, 2.45) is 10.9 Å². The van der Waals surface area contributed by atoms with Gasteiger partial charge in [-0.15, -0.1) is 4.99 Å². The highest BCUT2D eigenvalue weighted by atomic mass is 16.5. The van der Waals surface area contributed by atoms with E-state index in [1.54, 1.807) is 0 Å². The van der Waals surface area contributed by atoms with Crippen LogP contribution in [0.25, 0.3) is 0 Å². The number of hydrogen-bond donors (Lipinski definition) is 2. The molecule has 2 N–H and O–H groups in total. The van der Waals surface area contributed by atoms with E-state index in [1.165, 1.54) is 6.42 Å². The molecule has 0 aromatic heterocycles. The molecular weight excluding hydrogens is 246 g/mol. The van der Waals surface area contributed by atoms with Crippen molar-refractivity contribution in [2.75, 3.05) is 0 Å². The molecule has 3 amide bonds. The molecule has 1 saturated heterocycles. The SMILES string of the molecule is CC(C)[C@@H]1OC(=NC(=O)NC2CCCCC2)NC1=O. The van der Waals surface area contributed by atoms with Gasteiger partial charge < -0.3 is 10.1 Å². The molecule has 1 atom stereocenters. The minimum Gasteiger partial charge on any atom is -0.451 e. The number of hydrogen-bond acceptors (Lipinski definition) is 3. The Labute approximate surface area is 113 Å². The van der Waals surface area contributed by atoms with Gasteiger partial charge in [0.2, 0.25) is 0 Å². The molecule has 1 aliphatic heterocycles. The predicted octanol–water partition coefficient (Wildman–Crippen LogP) is 1.56. The van der Waals surface area contributed by atoms with Gasteiger partial charge in [-0.2, -0.15) is 0 Å². The maximum atomic E-state index is 11.7. The summed E-state index contributed by atoms with van der Waals surface area (Å²) in [5, 5.41) is 5.33. The lowest BCUT2D eigenvalue weighted by molar-refractivity contribution is -0.124. The fourth-order valence-corrected chi connectivity index (χ4v) is 2.42. The van der Waals surface area contributed by atoms with Crippen LogP contribution in [0.2, 0.25) is 0 Å². The fourth-order valence-electron chi connectivity index (χ4n) is 2.42. The minimum atomic E-state index is -0.554. The lowest BCUT2D eigenvalue weighted by Gasteiger charge is -2.21. The first kappa shape index (κ1) is 13.8. The first-order valence-electron chi connectivity index (χ1n) is 6.93. The number of carbonyl (C=O) groups excluding carboxylic acids is 2. The molecule has 0 radical (unpaired) electrons. The zero-order valence-corrected chi connectivity index (χ0v) is 11.4. The maximum absolute atomic E-state index is 11.7. The third-order valence-electron chi connectivity index (χ3n) is 3.47. The van der Waals surface area contributed by atoms with Gasteiger partial charge in [-0.25, -0.2) is 4.79 Å². The van der Waals surface area contributed by atoms with E-state index in [4.69, 9.17) is 4.74 Å². The molecule has 1 saturated carbocycles. The van der Waals surface area contributed by atoms with E-state index in [9.17, 15) is 9.59 Å². The van der Waals surface area contributed by atoms with Gasteiger partial charge in [0.05, 0.1) is 0 Å². The summed E-state index contributed by atoms with van der Waals surface area (Å²) in [4.78, 5) is 27.0. The number of rotatable bonds is 2. The topological polar surface area (TPSA) is 79.8 Å². The molecule has 0 aromatic carbocycles. The summed E-state index contributed by atoms with van der Waals surface area (Å²) in [7, 11) is 0. The summed E-state index contributed by atoms with van der Waals surface area (Å²) in [5.41, 5.74) is 0. The number of amides is 3. The van der Waals surface area contributed by atoms with Crippen LogP contribution in [0.5, 0.6) is 0 Å². The van der Waals surface area contributed by atoms with E-state index >= 15 is 0 Å². The first-order chi connectivity index (χ1) is 9.06. The Bertz CT molecular complexity index is 387. The molecule has 1 aliphatic carbocycles. The molecule has 6 heteroatoms. The second kappa shape index (κ2) is 6.04. The van der Waals surface area contributed by atoms with Crippen molar-refractivity contribution in [1.82, 2.24) is 10.6 Å². The summed E-state index contributed by atoms with van der Waals surface area (Å²) in [6.07, 6.45) is 4.96. The minimum absolute atomic E-state index is 0.0111. The summed E-state index contributed by atoms with van der Waals surface area (Å²) in [6, 6.07) is -0.229. The first-order valence-corrected chi connectivity index (χ1v) is 6.93. The lowest BCUT2D eigenvalue weighted by atomic mass is 9.96. The lowest BCUT2D eigenvalue weighted by Crippen LogP contribution is -2.35. The van der Waals surface area contributed by atoms with Gasteiger partial charge in [0.1, 0.15) is 0 Å². The van der Waals surface area contributed by atoms with Crippen LogP contribution >= 0.6 is 0 Å². The van der Waals surface area contributed by atoms with Crippen molar-refractivity contribution in [2.45, 2.75) is 58.1 Å². The molecule has 2 aliphatic rings. The highest BCUT2D eigenvalue weighted by Crippen LogP contribution is 2.17. The standard InChI is InChI=1S/C13H21N3O3/c1-8(2)10-11(17)15-13(19-10)16-12(18)14-9-6-4-3-5-7-9/h8-10H,3-7H2,1-2H3,(H2,14,15,16,17,18)/t10-/m0/s1. The summed E-state index contributed by atoms with van der Waals surface area (Å²) < 4.78 is 5.32. The molecule has 19 heavy (non-hydrogen) atoms. The predicted molar refractivity (Wildman–Crippen MR) is 70.7 cm³/mol. The van der Waals surface area contributed by atoms with Crippen molar-refractivity contribution in [1.29, 1.82) is 0 Å². The quantitative estimate of drug-likeness (QED) is 0.796. The zero-order chi connectivity index (χ0) is 13.8. The van der Waals surface area contributed by atoms with Gasteiger partial charge in [-0.3, -0.25) is 10.1 Å². The van der Waals surface area contributed by atoms with E-state index in [1.807, 2.05) is 13.8 Å². The van der Waals surface area contributed by atoms with Crippen LogP contribution < -0.4 is 10.6 Å². The molecule has 0 spiro atoms. The van der Waals surface area contributed by atoms with Crippen LogP contribution in [-0.4, -0.2) is 30.1 Å². The van der Waals surface area contributed by atoms with Gasteiger partial charge >= 0.3 is 12.1 Å². The Hall–Kier alpha value is -1.59. The van der Waals surface area contributed by atoms with Crippen LogP contribution in [0, 0.1) is 5.92 Å². The molecule has 1 heterocycles. The number of amidine groups is 1. The summed E-state index contributed by atoms with van der Waals surface area (Å²) in [6.45, 7) is 3.77. The van der Waals surface area contributed by atoms with Crippen molar-refractivity contribution >= 4 is 18.0 Å². The molecule has 2 fully saturated rings. The number of ether oxygens (including phenoxy) is 1. The average molecular weight is 267 g/mol. The smallest absolute Gasteiger partial charge is 0.345 e. The summed E-state index contributed by atoms with van der Waals surface area (Å²) >= 11 is 0. The zero-order valence-electron chi connectivity index (χ0n) is 11.4. The Morgan fingerprint density at radius 1 is 1.37 bits per heavy atom. The Balaban J connectivity index is 1.87. The van der Waals surface area contributed by atoms with E-state index in [0.29, 0.717) is 0 Å². The van der Waals surface area contributed by atoms with Crippen LogP contribution in [0.3, 0.4) is 0 Å². The van der Waals surface area contributed by atoms with Crippen molar-refractivity contribution in [3.8, 4) is 0 Å². The number of carbonyl (C=O) groups is 2. The van der Waals surface area contributed by atoms with E-state index in [2.05, 4.69) is 15.6 Å². The van der Waals surface area contributed by atoms with E-state index < -0.39 is 12.1 Å². The largest absolute Gasteiger partial charge is 0.451 e. The second-order valence-electron chi connectivity index (χ2n) is 5.47. The van der Waals surface area contributed by atoms with Crippen molar-refractivity contribution in [3.63, 3.8) is 0 Å². The highest BCUT2D eigenvalue weighted by Gasteiger charge is 2.33. The molecule has 0 bridgehead atoms. The van der Waals surface area contributed by atoms with Gasteiger partial charge in [-0.1, -0.05) is 33.1 Å². The molecule has 2 rings (SSSR count). The van der Waals surface area contributed by atoms with Crippen LogP contribution in [0.1, 0.15) is 46.0 Å². The monoisotopic (exact) mass is 267 g/mol. The van der Waals surface area contributed by atoms with Crippen molar-refractivity contribution in [3.05, 3.63) is 0 Å². The molecule has 106 valence electrons. The second-order valence-corrected chi connectivity index (χ2v) is 5.47. The molecular formula is C13H21N3O3. The Morgan fingerprint density at radius 2 is 2.05 bits per heavy atom. The normalized spacial score (nSPS) is 26.4. The average Bonchev–Trinajstić information content (AvgIpc) is 2.71. The summed E-state index contributed by atoms with van der Waals surface area (Å²) in [5.74, 6) is -0.187. The third-order valence-corrected chi connectivity index (χ3v) is 3.47. The number of aliphatic imine (C=N–C) groups is 1. The van der Waals surface area contributed by atoms with E-state index in [0.717, 1.165) is 25.7 Å². The fraction of sp³-hybridized carbons (Fsp3) is 0.769. The number of nitrogens with zero attached hydrogens (tertiary/aromatic N) is 1. The third kappa shape index (κ3) is 3.68. The van der Waals surface area contributed by atoms with Gasteiger partial charge in [-0.05, 0) is 18.8 Å². The van der Waals surface area contributed by atoms with Gasteiger partial charge in [0.15, 0.2) is 6.10 Å². The molecule has 0 unspecified atom stereocenters. The Kier molecular flexibility index (Phi) is 4.39. The van der Waals surface area contributed by atoms with Gasteiger partial charge in [0.25, 0.3) is 5.91 Å². The van der Waals surface area contributed by atoms with Crippen LogP contribution in [0.15, 0.2) is 4.99 Å². The van der Waals surface area contributed by atoms with Crippen molar-refractivity contribution < 1.29 is 14.3 Å². The maximum Gasteiger partial charge on any atom is 0.345 e. The Morgan fingerprint density at radius 3 is 2.63 bits per heavy atom. The van der Waals surface area contributed by atoms with Gasteiger partial charge in [0, 0.05) is 6.04 Å².